The standard InChI is InChI=1S/C20H16N2O2/c1-21(18-12-6-9-14-7-2-4-10-16(14)18)20(24)22-17-11-5-3-8-15(17)13-19(22)23/h2-12H,13H2,1H3. The van der Waals surface area contributed by atoms with Gasteiger partial charge in [0.25, 0.3) is 0 Å². The van der Waals surface area contributed by atoms with Crippen LogP contribution in [-0.4, -0.2) is 19.0 Å². The van der Waals surface area contributed by atoms with E-state index in [-0.39, 0.29) is 18.4 Å². The number of nitrogens with zero attached hydrogens (tertiary/aromatic N) is 2. The monoisotopic (exact) mass is 316 g/mol. The number of fused-ring (bicyclic) bond motifs is 2. The number of carbonyl (C=O) groups excluding carboxylic acids is 2. The smallest absolute Gasteiger partial charge is 0.296 e. The number of hydrogen-bond donors (Lipinski definition) is 0. The first-order valence-corrected chi connectivity index (χ1v) is 7.83. The van der Waals surface area contributed by atoms with E-state index >= 15 is 0 Å². The first-order chi connectivity index (χ1) is 11.7. The Morgan fingerprint density at radius 2 is 1.67 bits per heavy atom. The van der Waals surface area contributed by atoms with Crippen molar-refractivity contribution in [3.05, 3.63) is 72.3 Å². The number of urea groups is 1. The maximum absolute atomic E-state index is 13.0. The summed E-state index contributed by atoms with van der Waals surface area (Å²) in [4.78, 5) is 28.2. The van der Waals surface area contributed by atoms with Gasteiger partial charge in [-0.15, -0.1) is 0 Å². The number of anilines is 2. The molecule has 1 heterocycles. The van der Waals surface area contributed by atoms with Crippen LogP contribution in [0.25, 0.3) is 10.8 Å². The first-order valence-electron chi connectivity index (χ1n) is 7.83. The molecule has 0 unspecified atom stereocenters. The van der Waals surface area contributed by atoms with Gasteiger partial charge in [-0.3, -0.25) is 9.69 Å². The van der Waals surface area contributed by atoms with Crippen LogP contribution in [0, 0.1) is 0 Å². The summed E-state index contributed by atoms with van der Waals surface area (Å²) in [6, 6.07) is 20.8. The topological polar surface area (TPSA) is 40.6 Å². The number of rotatable bonds is 1. The van der Waals surface area contributed by atoms with Gasteiger partial charge in [-0.25, -0.2) is 9.69 Å². The highest BCUT2D eigenvalue weighted by Gasteiger charge is 2.34. The van der Waals surface area contributed by atoms with Crippen molar-refractivity contribution < 1.29 is 9.59 Å². The van der Waals surface area contributed by atoms with E-state index in [1.807, 2.05) is 66.7 Å². The molecule has 0 saturated carbocycles. The van der Waals surface area contributed by atoms with Gasteiger partial charge < -0.3 is 0 Å². The van der Waals surface area contributed by atoms with E-state index in [4.69, 9.17) is 0 Å². The van der Waals surface area contributed by atoms with E-state index in [2.05, 4.69) is 0 Å². The molecule has 0 aromatic heterocycles. The minimum Gasteiger partial charge on any atom is -0.296 e. The van der Waals surface area contributed by atoms with Crippen LogP contribution in [-0.2, 0) is 11.2 Å². The number of carbonyl (C=O) groups is 2. The Hall–Kier alpha value is -3.14. The van der Waals surface area contributed by atoms with Gasteiger partial charge >= 0.3 is 6.03 Å². The molecule has 3 aromatic carbocycles. The lowest BCUT2D eigenvalue weighted by Gasteiger charge is -2.25. The molecule has 4 heteroatoms. The minimum absolute atomic E-state index is 0.187. The van der Waals surface area contributed by atoms with Gasteiger partial charge in [-0.05, 0) is 23.1 Å². The van der Waals surface area contributed by atoms with Crippen LogP contribution in [0.5, 0.6) is 0 Å². The number of amides is 3. The van der Waals surface area contributed by atoms with Gasteiger partial charge in [0.15, 0.2) is 0 Å². The molecular weight excluding hydrogens is 300 g/mol. The van der Waals surface area contributed by atoms with Crippen molar-refractivity contribution in [1.82, 2.24) is 0 Å². The second-order valence-electron chi connectivity index (χ2n) is 5.87. The predicted octanol–water partition coefficient (Wildman–Crippen LogP) is 3.99. The molecule has 118 valence electrons. The van der Waals surface area contributed by atoms with E-state index in [9.17, 15) is 9.59 Å². The van der Waals surface area contributed by atoms with Crippen LogP contribution in [0.15, 0.2) is 66.7 Å². The molecule has 1 aliphatic rings. The van der Waals surface area contributed by atoms with Crippen LogP contribution in [0.4, 0.5) is 16.2 Å². The van der Waals surface area contributed by atoms with Crippen molar-refractivity contribution in [2.75, 3.05) is 16.8 Å². The summed E-state index contributed by atoms with van der Waals surface area (Å²) in [5, 5.41) is 2.04. The molecule has 0 N–H and O–H groups in total. The average Bonchev–Trinajstić information content (AvgIpc) is 2.95. The van der Waals surface area contributed by atoms with E-state index in [0.717, 1.165) is 22.0 Å². The molecule has 0 aliphatic carbocycles. The van der Waals surface area contributed by atoms with E-state index in [1.54, 1.807) is 11.9 Å². The van der Waals surface area contributed by atoms with Crippen molar-refractivity contribution in [3.63, 3.8) is 0 Å². The van der Waals surface area contributed by atoms with Crippen molar-refractivity contribution in [2.45, 2.75) is 6.42 Å². The molecule has 3 aromatic rings. The summed E-state index contributed by atoms with van der Waals surface area (Å²) < 4.78 is 0. The fourth-order valence-electron chi connectivity index (χ4n) is 3.22. The SMILES string of the molecule is CN(C(=O)N1C(=O)Cc2ccccc21)c1cccc2ccccc12. The molecule has 1 aliphatic heterocycles. The Bertz CT molecular complexity index is 959. The van der Waals surface area contributed by atoms with Gasteiger partial charge in [-0.1, -0.05) is 54.6 Å². The molecule has 0 saturated heterocycles. The number of benzene rings is 3. The summed E-state index contributed by atoms with van der Waals surface area (Å²) in [6.07, 6.45) is 0.269. The van der Waals surface area contributed by atoms with Crippen molar-refractivity contribution in [2.24, 2.45) is 0 Å². The Balaban J connectivity index is 1.76. The molecule has 4 rings (SSSR count). The Labute approximate surface area is 139 Å². The molecule has 0 atom stereocenters. The maximum Gasteiger partial charge on any atom is 0.335 e. The molecule has 24 heavy (non-hydrogen) atoms. The molecule has 0 spiro atoms. The molecule has 0 radical (unpaired) electrons. The van der Waals surface area contributed by atoms with Crippen LogP contribution in [0.1, 0.15) is 5.56 Å². The van der Waals surface area contributed by atoms with Gasteiger partial charge in [0.1, 0.15) is 0 Å². The summed E-state index contributed by atoms with van der Waals surface area (Å²) in [5.41, 5.74) is 2.36. The summed E-state index contributed by atoms with van der Waals surface area (Å²) in [6.45, 7) is 0. The zero-order valence-corrected chi connectivity index (χ0v) is 13.3. The quantitative estimate of drug-likeness (QED) is 0.681. The summed E-state index contributed by atoms with van der Waals surface area (Å²) in [7, 11) is 1.71. The summed E-state index contributed by atoms with van der Waals surface area (Å²) >= 11 is 0. The van der Waals surface area contributed by atoms with E-state index in [0.29, 0.717) is 5.69 Å². The maximum atomic E-state index is 13.0. The van der Waals surface area contributed by atoms with E-state index < -0.39 is 0 Å². The third-order valence-electron chi connectivity index (χ3n) is 4.43. The average molecular weight is 316 g/mol. The minimum atomic E-state index is -0.332. The molecule has 0 fully saturated rings. The fraction of sp³-hybridized carbons (Fsp3) is 0.100. The van der Waals surface area contributed by atoms with Gasteiger partial charge in [-0.2, -0.15) is 0 Å². The highest BCUT2D eigenvalue weighted by molar-refractivity contribution is 6.23. The fourth-order valence-corrected chi connectivity index (χ4v) is 3.22. The second-order valence-corrected chi connectivity index (χ2v) is 5.87. The second kappa shape index (κ2) is 5.49. The van der Waals surface area contributed by atoms with Gasteiger partial charge in [0, 0.05) is 12.4 Å². The normalized spacial score (nSPS) is 13.2. The lowest BCUT2D eigenvalue weighted by Crippen LogP contribution is -2.43. The van der Waals surface area contributed by atoms with Gasteiger partial charge in [0.05, 0.1) is 17.8 Å². The zero-order valence-electron chi connectivity index (χ0n) is 13.3. The third-order valence-corrected chi connectivity index (χ3v) is 4.43. The van der Waals surface area contributed by atoms with Crippen molar-refractivity contribution in [1.29, 1.82) is 0 Å². The highest BCUT2D eigenvalue weighted by Crippen LogP contribution is 2.32. The van der Waals surface area contributed by atoms with Crippen molar-refractivity contribution in [3.8, 4) is 0 Å². The van der Waals surface area contributed by atoms with Crippen molar-refractivity contribution >= 4 is 34.1 Å². The largest absolute Gasteiger partial charge is 0.335 e. The first kappa shape index (κ1) is 14.5. The lowest BCUT2D eigenvalue weighted by atomic mass is 10.1. The Morgan fingerprint density at radius 1 is 0.958 bits per heavy atom. The van der Waals surface area contributed by atoms with Gasteiger partial charge in [0.2, 0.25) is 5.91 Å². The molecule has 0 bridgehead atoms. The Morgan fingerprint density at radius 3 is 2.54 bits per heavy atom. The third kappa shape index (κ3) is 2.15. The Kier molecular flexibility index (Phi) is 3.31. The predicted molar refractivity (Wildman–Crippen MR) is 95.4 cm³/mol. The molecular formula is C20H16N2O2. The zero-order chi connectivity index (χ0) is 16.7. The lowest BCUT2D eigenvalue weighted by molar-refractivity contribution is -0.116. The van der Waals surface area contributed by atoms with E-state index in [1.165, 1.54) is 4.90 Å². The highest BCUT2D eigenvalue weighted by atomic mass is 16.2. The molecule has 4 nitrogen and oxygen atoms in total. The van der Waals surface area contributed by atoms with Crippen LogP contribution < -0.4 is 9.80 Å². The number of para-hydroxylation sites is 1. The van der Waals surface area contributed by atoms with Crippen LogP contribution in [0.3, 0.4) is 0 Å². The number of imide groups is 1. The number of hydrogen-bond acceptors (Lipinski definition) is 2. The van der Waals surface area contributed by atoms with Crippen LogP contribution in [0.2, 0.25) is 0 Å². The summed E-state index contributed by atoms with van der Waals surface area (Å²) in [5.74, 6) is -0.187. The molecule has 3 amide bonds. The van der Waals surface area contributed by atoms with Crippen LogP contribution >= 0.6 is 0 Å².